The Morgan fingerprint density at radius 3 is 2.48 bits per heavy atom. The van der Waals surface area contributed by atoms with Gasteiger partial charge in [-0.15, -0.1) is 0 Å². The molecular weight excluding hydrogens is 394 g/mol. The number of imide groups is 1. The molecule has 0 aliphatic carbocycles. The van der Waals surface area contributed by atoms with Crippen LogP contribution in [0.15, 0.2) is 66.9 Å². The SMILES string of the molecule is Cc1ccc(C2(C)NC(=O)N(CC(=O)Nc3ccnn3Cc3ccccc3)C2=O)cc1. The van der Waals surface area contributed by atoms with Gasteiger partial charge in [0.15, 0.2) is 0 Å². The zero-order chi connectivity index (χ0) is 22.0. The van der Waals surface area contributed by atoms with E-state index in [9.17, 15) is 14.4 Å². The fraction of sp³-hybridized carbons (Fsp3) is 0.217. The predicted molar refractivity (Wildman–Crippen MR) is 115 cm³/mol. The maximum Gasteiger partial charge on any atom is 0.325 e. The van der Waals surface area contributed by atoms with Crippen LogP contribution in [0.2, 0.25) is 0 Å². The van der Waals surface area contributed by atoms with Gasteiger partial charge in [-0.25, -0.2) is 9.48 Å². The third kappa shape index (κ3) is 4.05. The van der Waals surface area contributed by atoms with Crippen molar-refractivity contribution in [1.29, 1.82) is 0 Å². The van der Waals surface area contributed by atoms with Crippen molar-refractivity contribution in [2.45, 2.75) is 25.9 Å². The summed E-state index contributed by atoms with van der Waals surface area (Å²) in [5, 5.41) is 9.69. The van der Waals surface area contributed by atoms with Crippen LogP contribution in [-0.4, -0.2) is 39.1 Å². The lowest BCUT2D eigenvalue weighted by Gasteiger charge is -2.22. The number of rotatable bonds is 6. The van der Waals surface area contributed by atoms with Crippen molar-refractivity contribution in [2.24, 2.45) is 0 Å². The second kappa shape index (κ2) is 8.06. The number of carbonyl (C=O) groups is 3. The molecule has 2 heterocycles. The highest BCUT2D eigenvalue weighted by Gasteiger charge is 2.49. The summed E-state index contributed by atoms with van der Waals surface area (Å²) in [5.74, 6) is -0.456. The molecule has 8 nitrogen and oxygen atoms in total. The molecule has 158 valence electrons. The van der Waals surface area contributed by atoms with E-state index < -0.39 is 23.4 Å². The minimum absolute atomic E-state index is 0.386. The molecule has 1 atom stereocenters. The smallest absolute Gasteiger partial charge is 0.319 e. The highest BCUT2D eigenvalue weighted by atomic mass is 16.2. The van der Waals surface area contributed by atoms with E-state index in [1.165, 1.54) is 0 Å². The molecule has 1 aromatic heterocycles. The van der Waals surface area contributed by atoms with E-state index in [4.69, 9.17) is 0 Å². The van der Waals surface area contributed by atoms with Gasteiger partial charge in [0.25, 0.3) is 5.91 Å². The zero-order valence-electron chi connectivity index (χ0n) is 17.3. The number of hydrogen-bond donors (Lipinski definition) is 2. The number of aromatic nitrogens is 2. The van der Waals surface area contributed by atoms with Crippen LogP contribution in [0.1, 0.15) is 23.6 Å². The Hall–Kier alpha value is -3.94. The van der Waals surface area contributed by atoms with Gasteiger partial charge in [-0.05, 0) is 25.0 Å². The van der Waals surface area contributed by atoms with Gasteiger partial charge in [-0.3, -0.25) is 14.5 Å². The summed E-state index contributed by atoms with van der Waals surface area (Å²) in [6.45, 7) is 3.69. The maximum atomic E-state index is 13.0. The average Bonchev–Trinajstić information content (AvgIpc) is 3.27. The van der Waals surface area contributed by atoms with E-state index >= 15 is 0 Å². The number of anilines is 1. The number of carbonyl (C=O) groups excluding carboxylic acids is 3. The number of nitrogens with one attached hydrogen (secondary N) is 2. The summed E-state index contributed by atoms with van der Waals surface area (Å²) in [6.07, 6.45) is 1.58. The van der Waals surface area contributed by atoms with E-state index in [0.717, 1.165) is 16.0 Å². The van der Waals surface area contributed by atoms with Crippen LogP contribution in [0, 0.1) is 6.92 Å². The Labute approximate surface area is 179 Å². The molecule has 1 unspecified atom stereocenters. The van der Waals surface area contributed by atoms with Crippen LogP contribution in [0.5, 0.6) is 0 Å². The van der Waals surface area contributed by atoms with Crippen molar-refractivity contribution in [3.8, 4) is 0 Å². The van der Waals surface area contributed by atoms with Crippen molar-refractivity contribution < 1.29 is 14.4 Å². The lowest BCUT2D eigenvalue weighted by Crippen LogP contribution is -2.42. The third-order valence-corrected chi connectivity index (χ3v) is 5.36. The molecule has 1 aliphatic rings. The molecule has 3 aromatic rings. The zero-order valence-corrected chi connectivity index (χ0v) is 17.3. The van der Waals surface area contributed by atoms with Crippen LogP contribution in [-0.2, 0) is 21.7 Å². The molecule has 4 amide bonds. The van der Waals surface area contributed by atoms with Gasteiger partial charge in [0.1, 0.15) is 17.9 Å². The monoisotopic (exact) mass is 417 g/mol. The molecule has 1 fully saturated rings. The molecule has 31 heavy (non-hydrogen) atoms. The van der Waals surface area contributed by atoms with Crippen LogP contribution in [0.4, 0.5) is 10.6 Å². The van der Waals surface area contributed by atoms with Crippen molar-refractivity contribution in [2.75, 3.05) is 11.9 Å². The Kier molecular flexibility index (Phi) is 5.29. The molecule has 2 N–H and O–H groups in total. The minimum Gasteiger partial charge on any atom is -0.319 e. The molecule has 0 radical (unpaired) electrons. The quantitative estimate of drug-likeness (QED) is 0.603. The fourth-order valence-corrected chi connectivity index (χ4v) is 3.57. The first-order chi connectivity index (χ1) is 14.9. The van der Waals surface area contributed by atoms with Gasteiger partial charge in [-0.2, -0.15) is 5.10 Å². The fourth-order valence-electron chi connectivity index (χ4n) is 3.57. The van der Waals surface area contributed by atoms with Gasteiger partial charge in [-0.1, -0.05) is 60.2 Å². The Morgan fingerprint density at radius 1 is 1.06 bits per heavy atom. The predicted octanol–water partition coefficient (Wildman–Crippen LogP) is 2.65. The number of hydrogen-bond acceptors (Lipinski definition) is 4. The molecule has 2 aromatic carbocycles. The Balaban J connectivity index is 1.45. The number of nitrogens with zero attached hydrogens (tertiary/aromatic N) is 3. The molecular formula is C23H23N5O3. The van der Waals surface area contributed by atoms with E-state index in [2.05, 4.69) is 15.7 Å². The lowest BCUT2D eigenvalue weighted by molar-refractivity contribution is -0.133. The number of benzene rings is 2. The summed E-state index contributed by atoms with van der Waals surface area (Å²) in [7, 11) is 0. The summed E-state index contributed by atoms with van der Waals surface area (Å²) in [6, 6.07) is 18.2. The molecule has 8 heteroatoms. The number of aryl methyl sites for hydroxylation is 1. The van der Waals surface area contributed by atoms with Crippen molar-refractivity contribution >= 4 is 23.7 Å². The highest BCUT2D eigenvalue weighted by Crippen LogP contribution is 2.29. The van der Waals surface area contributed by atoms with E-state index in [1.54, 1.807) is 36.0 Å². The van der Waals surface area contributed by atoms with Gasteiger partial charge in [0.05, 0.1) is 12.7 Å². The topological polar surface area (TPSA) is 96.3 Å². The summed E-state index contributed by atoms with van der Waals surface area (Å²) < 4.78 is 1.65. The highest BCUT2D eigenvalue weighted by molar-refractivity contribution is 6.10. The standard InChI is InChI=1S/C23H23N5O3/c1-16-8-10-18(11-9-16)23(2)21(30)27(22(31)26-23)15-20(29)25-19-12-13-24-28(19)14-17-6-4-3-5-7-17/h3-13H,14-15H2,1-2H3,(H,25,29)(H,26,31). The van der Waals surface area contributed by atoms with E-state index in [0.29, 0.717) is 17.9 Å². The van der Waals surface area contributed by atoms with Crippen molar-refractivity contribution in [1.82, 2.24) is 20.0 Å². The van der Waals surface area contributed by atoms with Crippen LogP contribution >= 0.6 is 0 Å². The first kappa shape index (κ1) is 20.3. The second-order valence-corrected chi connectivity index (χ2v) is 7.72. The maximum absolute atomic E-state index is 13.0. The largest absolute Gasteiger partial charge is 0.325 e. The normalized spacial score (nSPS) is 18.2. The number of amides is 4. The van der Waals surface area contributed by atoms with E-state index in [-0.39, 0.29) is 6.54 Å². The van der Waals surface area contributed by atoms with Gasteiger partial charge < -0.3 is 10.6 Å². The first-order valence-electron chi connectivity index (χ1n) is 9.94. The molecule has 0 spiro atoms. The molecule has 1 aliphatic heterocycles. The number of urea groups is 1. The summed E-state index contributed by atoms with van der Waals surface area (Å²) >= 11 is 0. The van der Waals surface area contributed by atoms with Crippen molar-refractivity contribution in [3.63, 3.8) is 0 Å². The van der Waals surface area contributed by atoms with Crippen LogP contribution in [0.25, 0.3) is 0 Å². The summed E-state index contributed by atoms with van der Waals surface area (Å²) in [4.78, 5) is 39.1. The van der Waals surface area contributed by atoms with Gasteiger partial charge in [0, 0.05) is 6.07 Å². The van der Waals surface area contributed by atoms with Crippen LogP contribution < -0.4 is 10.6 Å². The summed E-state index contributed by atoms with van der Waals surface area (Å²) in [5.41, 5.74) is 1.54. The molecule has 4 rings (SSSR count). The molecule has 0 bridgehead atoms. The van der Waals surface area contributed by atoms with Crippen molar-refractivity contribution in [3.05, 3.63) is 83.6 Å². The Bertz CT molecular complexity index is 1120. The second-order valence-electron chi connectivity index (χ2n) is 7.72. The third-order valence-electron chi connectivity index (χ3n) is 5.36. The molecule has 0 saturated carbocycles. The molecule has 1 saturated heterocycles. The van der Waals surface area contributed by atoms with Gasteiger partial charge in [0.2, 0.25) is 5.91 Å². The lowest BCUT2D eigenvalue weighted by atomic mass is 9.91. The minimum atomic E-state index is -1.21. The van der Waals surface area contributed by atoms with Crippen LogP contribution in [0.3, 0.4) is 0 Å². The first-order valence-corrected chi connectivity index (χ1v) is 9.94. The average molecular weight is 417 g/mol. The van der Waals surface area contributed by atoms with Gasteiger partial charge >= 0.3 is 6.03 Å². The van der Waals surface area contributed by atoms with E-state index in [1.807, 2.05) is 49.4 Å². The Morgan fingerprint density at radius 2 is 1.77 bits per heavy atom.